The predicted octanol–water partition coefficient (Wildman–Crippen LogP) is 1.25. The van der Waals surface area contributed by atoms with Crippen LogP contribution in [-0.2, 0) is 16.1 Å². The molecule has 2 rings (SSSR count). The molecule has 1 atom stereocenters. The maximum absolute atomic E-state index is 12.3. The smallest absolute Gasteiger partial charge is 0.268 e. The van der Waals surface area contributed by atoms with E-state index in [1.165, 1.54) is 0 Å². The molecule has 1 saturated heterocycles. The van der Waals surface area contributed by atoms with Crippen LogP contribution in [0.1, 0.15) is 24.3 Å². The summed E-state index contributed by atoms with van der Waals surface area (Å²) in [5.41, 5.74) is 0.547. The first-order valence-corrected chi connectivity index (χ1v) is 7.85. The van der Waals surface area contributed by atoms with Crippen LogP contribution >= 0.6 is 15.9 Å². The van der Waals surface area contributed by atoms with E-state index < -0.39 is 6.04 Å². The first-order valence-electron chi connectivity index (χ1n) is 7.06. The molecule has 2 heterocycles. The molecule has 1 aliphatic heterocycles. The van der Waals surface area contributed by atoms with Gasteiger partial charge in [-0.15, -0.1) is 0 Å². The van der Waals surface area contributed by atoms with E-state index in [2.05, 4.69) is 21.2 Å². The third kappa shape index (κ3) is 3.85. The van der Waals surface area contributed by atoms with Crippen molar-refractivity contribution in [2.45, 2.75) is 26.4 Å². The van der Waals surface area contributed by atoms with Gasteiger partial charge in [0.15, 0.2) is 0 Å². The molecule has 1 unspecified atom stereocenters. The van der Waals surface area contributed by atoms with Crippen molar-refractivity contribution in [3.05, 3.63) is 22.4 Å². The van der Waals surface area contributed by atoms with E-state index >= 15 is 0 Å². The highest BCUT2D eigenvalue weighted by atomic mass is 79.9. The van der Waals surface area contributed by atoms with Crippen molar-refractivity contribution in [1.82, 2.24) is 14.8 Å². The van der Waals surface area contributed by atoms with Gasteiger partial charge in [0.05, 0.1) is 13.2 Å². The quantitative estimate of drug-likeness (QED) is 0.881. The zero-order valence-corrected chi connectivity index (χ0v) is 13.9. The lowest BCUT2D eigenvalue weighted by atomic mass is 10.2. The number of amides is 2. The molecule has 2 amide bonds. The van der Waals surface area contributed by atoms with E-state index in [4.69, 9.17) is 4.74 Å². The average Bonchev–Trinajstić information content (AvgIpc) is 2.88. The standard InChI is InChI=1S/C14H20BrN3O3/c1-3-17-9-11(15)8-12(17)13(19)16-10(2)14(20)18-4-6-21-7-5-18/h8-10H,3-7H2,1-2H3,(H,16,19). The molecule has 0 saturated carbocycles. The third-order valence-electron chi connectivity index (χ3n) is 3.48. The lowest BCUT2D eigenvalue weighted by Gasteiger charge is -2.29. The summed E-state index contributed by atoms with van der Waals surface area (Å²) < 4.78 is 7.91. The van der Waals surface area contributed by atoms with Crippen molar-refractivity contribution >= 4 is 27.7 Å². The van der Waals surface area contributed by atoms with Crippen molar-refractivity contribution in [3.8, 4) is 0 Å². The minimum Gasteiger partial charge on any atom is -0.378 e. The number of nitrogens with one attached hydrogen (secondary N) is 1. The molecule has 1 aliphatic rings. The number of hydrogen-bond acceptors (Lipinski definition) is 3. The van der Waals surface area contributed by atoms with E-state index in [1.807, 2.05) is 17.7 Å². The second kappa shape index (κ2) is 7.09. The highest BCUT2D eigenvalue weighted by Crippen LogP contribution is 2.15. The Bertz CT molecular complexity index is 524. The topological polar surface area (TPSA) is 63.6 Å². The van der Waals surface area contributed by atoms with Crippen molar-refractivity contribution < 1.29 is 14.3 Å². The Morgan fingerprint density at radius 2 is 2.10 bits per heavy atom. The molecule has 0 radical (unpaired) electrons. The molecule has 7 heteroatoms. The van der Waals surface area contributed by atoms with E-state index in [9.17, 15) is 9.59 Å². The number of halogens is 1. The molecular weight excluding hydrogens is 338 g/mol. The number of nitrogens with zero attached hydrogens (tertiary/aromatic N) is 2. The number of hydrogen-bond donors (Lipinski definition) is 1. The summed E-state index contributed by atoms with van der Waals surface area (Å²) in [4.78, 5) is 26.3. The monoisotopic (exact) mass is 357 g/mol. The molecule has 1 fully saturated rings. The Labute approximate surface area is 132 Å². The minimum absolute atomic E-state index is 0.0691. The summed E-state index contributed by atoms with van der Waals surface area (Å²) in [5.74, 6) is -0.308. The number of aromatic nitrogens is 1. The third-order valence-corrected chi connectivity index (χ3v) is 3.91. The van der Waals surface area contributed by atoms with Gasteiger partial charge in [-0.3, -0.25) is 9.59 Å². The van der Waals surface area contributed by atoms with Gasteiger partial charge in [-0.05, 0) is 35.8 Å². The Morgan fingerprint density at radius 1 is 1.43 bits per heavy atom. The highest BCUT2D eigenvalue weighted by Gasteiger charge is 2.24. The largest absolute Gasteiger partial charge is 0.378 e. The second-order valence-electron chi connectivity index (χ2n) is 4.96. The van der Waals surface area contributed by atoms with Gasteiger partial charge in [-0.2, -0.15) is 0 Å². The SMILES string of the molecule is CCn1cc(Br)cc1C(=O)NC(C)C(=O)N1CCOCC1. The van der Waals surface area contributed by atoms with Crippen LogP contribution in [0.15, 0.2) is 16.7 Å². The number of morpholine rings is 1. The molecule has 0 aliphatic carbocycles. The zero-order valence-electron chi connectivity index (χ0n) is 12.3. The molecule has 6 nitrogen and oxygen atoms in total. The van der Waals surface area contributed by atoms with E-state index in [1.54, 1.807) is 17.9 Å². The van der Waals surface area contributed by atoms with Gasteiger partial charge in [0.1, 0.15) is 11.7 Å². The zero-order chi connectivity index (χ0) is 15.4. The minimum atomic E-state index is -0.547. The van der Waals surface area contributed by atoms with Gasteiger partial charge in [0.25, 0.3) is 5.91 Å². The summed E-state index contributed by atoms with van der Waals surface area (Å²) >= 11 is 3.36. The summed E-state index contributed by atoms with van der Waals surface area (Å²) in [6.45, 7) is 6.64. The lowest BCUT2D eigenvalue weighted by molar-refractivity contribution is -0.136. The molecule has 1 aromatic rings. The molecular formula is C14H20BrN3O3. The lowest BCUT2D eigenvalue weighted by Crippen LogP contribution is -2.50. The van der Waals surface area contributed by atoms with Crippen LogP contribution in [0.3, 0.4) is 0 Å². The number of carbonyl (C=O) groups excluding carboxylic acids is 2. The Hall–Kier alpha value is -1.34. The fraction of sp³-hybridized carbons (Fsp3) is 0.571. The Balaban J connectivity index is 1.99. The summed E-state index contributed by atoms with van der Waals surface area (Å²) in [5, 5.41) is 2.77. The highest BCUT2D eigenvalue weighted by molar-refractivity contribution is 9.10. The van der Waals surface area contributed by atoms with Crippen LogP contribution in [0.2, 0.25) is 0 Å². The van der Waals surface area contributed by atoms with Crippen LogP contribution in [0.4, 0.5) is 0 Å². The van der Waals surface area contributed by atoms with Gasteiger partial charge in [-0.25, -0.2) is 0 Å². The summed E-state index contributed by atoms with van der Waals surface area (Å²) in [6.07, 6.45) is 1.85. The fourth-order valence-corrected chi connectivity index (χ4v) is 2.78. The molecule has 0 bridgehead atoms. The molecule has 116 valence electrons. The van der Waals surface area contributed by atoms with Crippen LogP contribution in [-0.4, -0.2) is 53.6 Å². The first-order chi connectivity index (χ1) is 10.0. The molecule has 1 N–H and O–H groups in total. The van der Waals surface area contributed by atoms with E-state index in [0.29, 0.717) is 38.5 Å². The molecule has 1 aromatic heterocycles. The van der Waals surface area contributed by atoms with E-state index in [-0.39, 0.29) is 11.8 Å². The maximum Gasteiger partial charge on any atom is 0.268 e. The Kier molecular flexibility index (Phi) is 5.41. The predicted molar refractivity (Wildman–Crippen MR) is 82.1 cm³/mol. The summed E-state index contributed by atoms with van der Waals surface area (Å²) in [6, 6.07) is 1.21. The van der Waals surface area contributed by atoms with Gasteiger partial charge in [0.2, 0.25) is 5.91 Å². The van der Waals surface area contributed by atoms with Crippen molar-refractivity contribution in [2.24, 2.45) is 0 Å². The van der Waals surface area contributed by atoms with Gasteiger partial charge in [0, 0.05) is 30.3 Å². The van der Waals surface area contributed by atoms with Gasteiger partial charge < -0.3 is 19.5 Å². The van der Waals surface area contributed by atoms with Crippen molar-refractivity contribution in [2.75, 3.05) is 26.3 Å². The van der Waals surface area contributed by atoms with Crippen LogP contribution < -0.4 is 5.32 Å². The van der Waals surface area contributed by atoms with Crippen LogP contribution in [0, 0.1) is 0 Å². The fourth-order valence-electron chi connectivity index (χ4n) is 2.32. The molecule has 0 aromatic carbocycles. The first kappa shape index (κ1) is 16.0. The average molecular weight is 358 g/mol. The van der Waals surface area contributed by atoms with Crippen molar-refractivity contribution in [3.63, 3.8) is 0 Å². The number of aryl methyl sites for hydroxylation is 1. The molecule has 0 spiro atoms. The number of rotatable bonds is 4. The summed E-state index contributed by atoms with van der Waals surface area (Å²) in [7, 11) is 0. The van der Waals surface area contributed by atoms with Gasteiger partial charge >= 0.3 is 0 Å². The maximum atomic E-state index is 12.3. The Morgan fingerprint density at radius 3 is 2.71 bits per heavy atom. The van der Waals surface area contributed by atoms with Gasteiger partial charge in [-0.1, -0.05) is 0 Å². The number of carbonyl (C=O) groups is 2. The van der Waals surface area contributed by atoms with Crippen LogP contribution in [0.5, 0.6) is 0 Å². The van der Waals surface area contributed by atoms with Crippen molar-refractivity contribution in [1.29, 1.82) is 0 Å². The number of ether oxygens (including phenoxy) is 1. The van der Waals surface area contributed by atoms with Crippen LogP contribution in [0.25, 0.3) is 0 Å². The molecule has 21 heavy (non-hydrogen) atoms. The van der Waals surface area contributed by atoms with E-state index in [0.717, 1.165) is 4.47 Å². The normalized spacial score (nSPS) is 16.6. The second-order valence-corrected chi connectivity index (χ2v) is 5.88.